The van der Waals surface area contributed by atoms with E-state index in [0.717, 1.165) is 11.8 Å². The van der Waals surface area contributed by atoms with E-state index in [1.54, 1.807) is 11.3 Å². The fourth-order valence-corrected chi connectivity index (χ4v) is 3.99. The minimum absolute atomic E-state index is 0.980. The summed E-state index contributed by atoms with van der Waals surface area (Å²) in [5.74, 6) is -1.96. The van der Waals surface area contributed by atoms with E-state index in [0.29, 0.717) is 0 Å². The summed E-state index contributed by atoms with van der Waals surface area (Å²) in [5, 5.41) is 1.04. The average molecular weight is 396 g/mol. The molecule has 0 aromatic carbocycles. The molecule has 0 saturated heterocycles. The van der Waals surface area contributed by atoms with Crippen molar-refractivity contribution in [3.8, 4) is 0 Å². The fourth-order valence-electron chi connectivity index (χ4n) is 0.863. The van der Waals surface area contributed by atoms with Crippen LogP contribution in [-0.2, 0) is 26.7 Å². The molecule has 7 nitrogen and oxygen atoms in total. The lowest BCUT2D eigenvalue weighted by atomic mass is 10.3. The molecule has 0 spiro atoms. The Hall–Kier alpha value is -0.0700. The molecule has 0 radical (unpaired) electrons. The first-order chi connectivity index (χ1) is 8.55. The van der Waals surface area contributed by atoms with Gasteiger partial charge in [-0.05, 0) is 13.3 Å². The number of aromatic nitrogens is 1. The lowest BCUT2D eigenvalue weighted by Gasteiger charge is -1.92. The minimum Gasteiger partial charge on any atom is -0.286 e. The molecule has 2 N–H and O–H groups in total. The van der Waals surface area contributed by atoms with Crippen LogP contribution in [0.4, 0.5) is 0 Å². The lowest BCUT2D eigenvalue weighted by molar-refractivity contribution is 0.472. The second-order valence-corrected chi connectivity index (χ2v) is 8.25. The van der Waals surface area contributed by atoms with E-state index >= 15 is 0 Å². The van der Waals surface area contributed by atoms with Crippen LogP contribution in [0.5, 0.6) is 0 Å². The monoisotopic (exact) mass is 395 g/mol. The maximum atomic E-state index is 9.86. The van der Waals surface area contributed by atoms with Gasteiger partial charge in [-0.25, -0.2) is 4.98 Å². The summed E-state index contributed by atoms with van der Waals surface area (Å²) in [6.07, 6.45) is 1.11. The Morgan fingerprint density at radius 1 is 1.21 bits per heavy atom. The Morgan fingerprint density at radius 3 is 1.95 bits per heavy atom. The van der Waals surface area contributed by atoms with Gasteiger partial charge in [-0.15, -0.1) is 11.3 Å². The molecule has 1 aromatic heterocycles. The van der Waals surface area contributed by atoms with Crippen molar-refractivity contribution in [2.45, 2.75) is 13.3 Å². The SMILES string of the molecule is Cc1ncsc1CCBr.O=S(=O)(O)CCS(=O)(=O)O. The predicted octanol–water partition coefficient (Wildman–Crippen LogP) is 1.15. The number of halogens is 1. The van der Waals surface area contributed by atoms with Crippen molar-refractivity contribution >= 4 is 47.5 Å². The smallest absolute Gasteiger partial charge is 0.265 e. The number of aryl methyl sites for hydroxylation is 2. The highest BCUT2D eigenvalue weighted by atomic mass is 79.9. The van der Waals surface area contributed by atoms with Crippen LogP contribution in [0.3, 0.4) is 0 Å². The van der Waals surface area contributed by atoms with E-state index in [1.165, 1.54) is 10.6 Å². The number of alkyl halides is 1. The van der Waals surface area contributed by atoms with E-state index in [2.05, 4.69) is 27.8 Å². The molecule has 0 fully saturated rings. The number of hydrogen-bond acceptors (Lipinski definition) is 6. The third-order valence-electron chi connectivity index (χ3n) is 1.77. The second-order valence-electron chi connectivity index (χ2n) is 3.37. The van der Waals surface area contributed by atoms with Gasteiger partial charge in [0.15, 0.2) is 0 Å². The van der Waals surface area contributed by atoms with Crippen molar-refractivity contribution in [2.75, 3.05) is 16.8 Å². The van der Waals surface area contributed by atoms with Crippen molar-refractivity contribution in [2.24, 2.45) is 0 Å². The summed E-state index contributed by atoms with van der Waals surface area (Å²) in [6, 6.07) is 0. The van der Waals surface area contributed by atoms with Gasteiger partial charge in [0, 0.05) is 10.2 Å². The highest BCUT2D eigenvalue weighted by molar-refractivity contribution is 9.09. The number of rotatable bonds is 5. The molecule has 0 atom stereocenters. The van der Waals surface area contributed by atoms with Gasteiger partial charge in [-0.3, -0.25) is 9.11 Å². The van der Waals surface area contributed by atoms with Crippen molar-refractivity contribution < 1.29 is 25.9 Å². The topological polar surface area (TPSA) is 122 Å². The van der Waals surface area contributed by atoms with Crippen LogP contribution in [0.25, 0.3) is 0 Å². The van der Waals surface area contributed by atoms with Gasteiger partial charge in [-0.1, -0.05) is 15.9 Å². The van der Waals surface area contributed by atoms with E-state index in [4.69, 9.17) is 9.11 Å². The molecule has 0 saturated carbocycles. The van der Waals surface area contributed by atoms with Crippen molar-refractivity contribution in [1.29, 1.82) is 0 Å². The Kier molecular flexibility index (Phi) is 8.24. The zero-order valence-electron chi connectivity index (χ0n) is 9.98. The van der Waals surface area contributed by atoms with Gasteiger partial charge in [0.25, 0.3) is 20.2 Å². The lowest BCUT2D eigenvalue weighted by Crippen LogP contribution is -2.15. The Morgan fingerprint density at radius 2 is 1.68 bits per heavy atom. The molecule has 19 heavy (non-hydrogen) atoms. The molecular formula is C8H14BrNO6S3. The Bertz CT molecular complexity index is 547. The molecule has 0 unspecified atom stereocenters. The molecule has 1 rings (SSSR count). The van der Waals surface area contributed by atoms with Gasteiger partial charge in [-0.2, -0.15) is 16.8 Å². The average Bonchev–Trinajstić information content (AvgIpc) is 2.62. The van der Waals surface area contributed by atoms with Gasteiger partial charge in [0.2, 0.25) is 0 Å². The molecular weight excluding hydrogens is 382 g/mol. The first-order valence-corrected chi connectivity index (χ1v) is 10.1. The fraction of sp³-hybridized carbons (Fsp3) is 0.625. The molecule has 0 amide bonds. The third-order valence-corrected chi connectivity index (χ3v) is 4.86. The zero-order valence-corrected chi connectivity index (χ0v) is 14.0. The van der Waals surface area contributed by atoms with E-state index < -0.39 is 31.7 Å². The van der Waals surface area contributed by atoms with Crippen LogP contribution in [0.15, 0.2) is 5.51 Å². The van der Waals surface area contributed by atoms with Gasteiger partial charge in [0.1, 0.15) is 0 Å². The zero-order chi connectivity index (χ0) is 15.1. The summed E-state index contributed by atoms with van der Waals surface area (Å²) in [6.45, 7) is 2.05. The van der Waals surface area contributed by atoms with E-state index in [9.17, 15) is 16.8 Å². The van der Waals surface area contributed by atoms with Crippen molar-refractivity contribution in [3.05, 3.63) is 16.1 Å². The van der Waals surface area contributed by atoms with Crippen LogP contribution >= 0.6 is 27.3 Å². The van der Waals surface area contributed by atoms with Crippen LogP contribution in [0.2, 0.25) is 0 Å². The number of thiazole rings is 1. The molecule has 1 heterocycles. The molecule has 0 aliphatic heterocycles. The Balaban J connectivity index is 0.000000342. The minimum atomic E-state index is -4.30. The number of hydrogen-bond donors (Lipinski definition) is 2. The molecule has 11 heteroatoms. The molecule has 0 aliphatic rings. The summed E-state index contributed by atoms with van der Waals surface area (Å²) < 4.78 is 55.4. The van der Waals surface area contributed by atoms with Crippen molar-refractivity contribution in [3.63, 3.8) is 0 Å². The molecule has 112 valence electrons. The summed E-state index contributed by atoms with van der Waals surface area (Å²) in [7, 11) is -8.59. The quantitative estimate of drug-likeness (QED) is 0.566. The highest BCUT2D eigenvalue weighted by Crippen LogP contribution is 2.12. The van der Waals surface area contributed by atoms with E-state index in [1.807, 2.05) is 5.51 Å². The first-order valence-electron chi connectivity index (χ1n) is 4.90. The van der Waals surface area contributed by atoms with Gasteiger partial charge < -0.3 is 0 Å². The Labute approximate surface area is 124 Å². The summed E-state index contributed by atoms with van der Waals surface area (Å²) in [5.41, 5.74) is 3.08. The largest absolute Gasteiger partial charge is 0.286 e. The molecule has 0 aliphatic carbocycles. The summed E-state index contributed by atoms with van der Waals surface area (Å²) >= 11 is 5.12. The standard InChI is InChI=1S/C6H8BrNS.C2H6O6S2/c1-5-6(2-3-7)9-4-8-5;3-9(4,5)1-2-10(6,7)8/h4H,2-3H2,1H3;1-2H2,(H,3,4,5)(H,6,7,8). The summed E-state index contributed by atoms with van der Waals surface area (Å²) in [4.78, 5) is 5.53. The predicted molar refractivity (Wildman–Crippen MR) is 77.2 cm³/mol. The third kappa shape index (κ3) is 11.5. The molecule has 0 bridgehead atoms. The van der Waals surface area contributed by atoms with Crippen LogP contribution in [0.1, 0.15) is 10.6 Å². The van der Waals surface area contributed by atoms with Crippen molar-refractivity contribution in [1.82, 2.24) is 4.98 Å². The van der Waals surface area contributed by atoms with E-state index in [-0.39, 0.29) is 0 Å². The van der Waals surface area contributed by atoms with Gasteiger partial charge in [0.05, 0.1) is 22.7 Å². The maximum Gasteiger partial charge on any atom is 0.265 e. The van der Waals surface area contributed by atoms with Crippen LogP contribution < -0.4 is 0 Å². The van der Waals surface area contributed by atoms with Crippen LogP contribution in [0, 0.1) is 6.92 Å². The first kappa shape index (κ1) is 18.9. The molecule has 1 aromatic rings. The van der Waals surface area contributed by atoms with Gasteiger partial charge >= 0.3 is 0 Å². The highest BCUT2D eigenvalue weighted by Gasteiger charge is 2.11. The van der Waals surface area contributed by atoms with Crippen LogP contribution in [-0.4, -0.2) is 47.8 Å². The normalized spacial score (nSPS) is 11.8. The number of nitrogens with zero attached hydrogens (tertiary/aromatic N) is 1. The second kappa shape index (κ2) is 8.27. The maximum absolute atomic E-state index is 9.86.